The molecule has 5 heteroatoms. The highest BCUT2D eigenvalue weighted by Gasteiger charge is 2.12. The second-order valence-electron chi connectivity index (χ2n) is 4.21. The van der Waals surface area contributed by atoms with Crippen molar-refractivity contribution in [3.05, 3.63) is 10.6 Å². The number of aromatic nitrogens is 3. The average molecular weight is 229 g/mol. The van der Waals surface area contributed by atoms with E-state index in [1.165, 1.54) is 0 Å². The fraction of sp³-hybridized carbons (Fsp3) is 0.800. The Morgan fingerprint density at radius 2 is 2.13 bits per heavy atom. The van der Waals surface area contributed by atoms with Crippen LogP contribution in [0.15, 0.2) is 0 Å². The third-order valence-corrected chi connectivity index (χ3v) is 2.56. The molecular weight excluding hydrogens is 210 g/mol. The van der Waals surface area contributed by atoms with Gasteiger partial charge in [-0.25, -0.2) is 0 Å². The predicted octanol–water partition coefficient (Wildman–Crippen LogP) is 2.35. The van der Waals surface area contributed by atoms with Crippen molar-refractivity contribution in [2.75, 3.05) is 13.7 Å². The topological polar surface area (TPSA) is 42.8 Å². The fourth-order valence-corrected chi connectivity index (χ4v) is 1.81. The summed E-state index contributed by atoms with van der Waals surface area (Å²) in [6, 6.07) is 0. The van der Waals surface area contributed by atoms with Gasteiger partial charge in [0, 0.05) is 19.6 Å². The van der Waals surface area contributed by atoms with Gasteiger partial charge in [0.2, 0.25) is 0 Å². The molecule has 0 aliphatic rings. The van der Waals surface area contributed by atoms with Gasteiger partial charge < -0.3 is 9.30 Å². The molecule has 0 fully saturated rings. The van der Waals surface area contributed by atoms with E-state index in [9.17, 15) is 0 Å². The van der Waals surface area contributed by atoms with Crippen LogP contribution in [0.2, 0.25) is 0 Å². The van der Waals surface area contributed by atoms with E-state index in [0.717, 1.165) is 19.0 Å². The summed E-state index contributed by atoms with van der Waals surface area (Å²) >= 11 is 5.20. The van der Waals surface area contributed by atoms with Crippen LogP contribution in [0, 0.1) is 10.7 Å². The molecule has 0 spiro atoms. The highest BCUT2D eigenvalue weighted by atomic mass is 32.1. The maximum absolute atomic E-state index is 5.20. The number of aromatic amines is 1. The van der Waals surface area contributed by atoms with E-state index in [1.807, 2.05) is 0 Å². The zero-order valence-corrected chi connectivity index (χ0v) is 10.6. The molecule has 15 heavy (non-hydrogen) atoms. The summed E-state index contributed by atoms with van der Waals surface area (Å²) in [4.78, 5) is 0. The highest BCUT2D eigenvalue weighted by Crippen LogP contribution is 2.13. The minimum atomic E-state index is 0.382. The van der Waals surface area contributed by atoms with E-state index in [0.29, 0.717) is 16.6 Å². The molecule has 1 unspecified atom stereocenters. The van der Waals surface area contributed by atoms with Crippen molar-refractivity contribution in [2.45, 2.75) is 33.2 Å². The molecule has 0 aliphatic carbocycles. The van der Waals surface area contributed by atoms with Crippen LogP contribution in [0.3, 0.4) is 0 Å². The Morgan fingerprint density at radius 1 is 1.47 bits per heavy atom. The van der Waals surface area contributed by atoms with Gasteiger partial charge >= 0.3 is 0 Å². The van der Waals surface area contributed by atoms with Gasteiger partial charge in [0.25, 0.3) is 0 Å². The molecule has 4 nitrogen and oxygen atoms in total. The van der Waals surface area contributed by atoms with Crippen LogP contribution in [0.1, 0.15) is 32.5 Å². The summed E-state index contributed by atoms with van der Waals surface area (Å²) in [6.07, 6.45) is 0. The van der Waals surface area contributed by atoms with Crippen LogP contribution in [-0.4, -0.2) is 28.5 Å². The van der Waals surface area contributed by atoms with Crippen molar-refractivity contribution < 1.29 is 4.74 Å². The van der Waals surface area contributed by atoms with Crippen molar-refractivity contribution in [1.82, 2.24) is 14.8 Å². The Bertz CT molecular complexity index is 356. The van der Waals surface area contributed by atoms with Crippen molar-refractivity contribution in [1.29, 1.82) is 0 Å². The van der Waals surface area contributed by atoms with Gasteiger partial charge in [0.05, 0.1) is 6.61 Å². The number of nitrogens with one attached hydrogen (secondary N) is 1. The average Bonchev–Trinajstić information content (AvgIpc) is 2.48. The van der Waals surface area contributed by atoms with E-state index < -0.39 is 0 Å². The molecule has 0 saturated carbocycles. The van der Waals surface area contributed by atoms with Crippen molar-refractivity contribution in [3.8, 4) is 0 Å². The monoisotopic (exact) mass is 229 g/mol. The van der Waals surface area contributed by atoms with Gasteiger partial charge in [-0.3, -0.25) is 5.10 Å². The van der Waals surface area contributed by atoms with Crippen LogP contribution in [0.25, 0.3) is 0 Å². The van der Waals surface area contributed by atoms with Crippen molar-refractivity contribution in [3.63, 3.8) is 0 Å². The second-order valence-corrected chi connectivity index (χ2v) is 4.60. The Kier molecular flexibility index (Phi) is 4.47. The van der Waals surface area contributed by atoms with Crippen molar-refractivity contribution in [2.24, 2.45) is 5.92 Å². The smallest absolute Gasteiger partial charge is 0.195 e. The summed E-state index contributed by atoms with van der Waals surface area (Å²) in [7, 11) is 1.72. The minimum Gasteiger partial charge on any atom is -0.384 e. The Morgan fingerprint density at radius 3 is 2.67 bits per heavy atom. The summed E-state index contributed by atoms with van der Waals surface area (Å²) in [6.45, 7) is 7.97. The molecule has 1 heterocycles. The summed E-state index contributed by atoms with van der Waals surface area (Å²) in [5.41, 5.74) is 0. The molecular formula is C10H19N3OS. The molecule has 1 aromatic rings. The van der Waals surface area contributed by atoms with Gasteiger partial charge in [-0.2, -0.15) is 5.10 Å². The second kappa shape index (κ2) is 5.42. The highest BCUT2D eigenvalue weighted by molar-refractivity contribution is 7.71. The summed E-state index contributed by atoms with van der Waals surface area (Å²) in [5.74, 6) is 1.84. The van der Waals surface area contributed by atoms with Crippen molar-refractivity contribution >= 4 is 12.2 Å². The quantitative estimate of drug-likeness (QED) is 0.788. The predicted molar refractivity (Wildman–Crippen MR) is 62.5 cm³/mol. The number of hydrogen-bond donors (Lipinski definition) is 1. The largest absolute Gasteiger partial charge is 0.384 e. The molecule has 1 aromatic heterocycles. The molecule has 86 valence electrons. The first-order valence-electron chi connectivity index (χ1n) is 5.20. The normalized spacial score (nSPS) is 13.4. The lowest BCUT2D eigenvalue weighted by Gasteiger charge is -2.14. The molecule has 1 atom stereocenters. The zero-order valence-electron chi connectivity index (χ0n) is 9.78. The number of ether oxygens (including phenoxy) is 1. The van der Waals surface area contributed by atoms with E-state index in [-0.39, 0.29) is 0 Å². The van der Waals surface area contributed by atoms with E-state index in [4.69, 9.17) is 17.0 Å². The number of rotatable bonds is 5. The summed E-state index contributed by atoms with van der Waals surface area (Å²) in [5, 5.41) is 7.07. The first-order valence-corrected chi connectivity index (χ1v) is 5.61. The SMILES string of the molecule is COCC(C)Cn1c(C(C)C)n[nH]c1=S. The van der Waals surface area contributed by atoms with Gasteiger partial charge in [0.1, 0.15) is 5.82 Å². The van der Waals surface area contributed by atoms with Crippen LogP contribution < -0.4 is 0 Å². The van der Waals surface area contributed by atoms with Crippen LogP contribution in [0.5, 0.6) is 0 Å². The lowest BCUT2D eigenvalue weighted by molar-refractivity contribution is 0.150. The third kappa shape index (κ3) is 3.14. The molecule has 0 aromatic carbocycles. The van der Waals surface area contributed by atoms with Gasteiger partial charge in [0.15, 0.2) is 4.77 Å². The number of hydrogen-bond acceptors (Lipinski definition) is 3. The maximum Gasteiger partial charge on any atom is 0.195 e. The lowest BCUT2D eigenvalue weighted by Crippen LogP contribution is -2.15. The number of methoxy groups -OCH3 is 1. The van der Waals surface area contributed by atoms with Gasteiger partial charge in [-0.1, -0.05) is 20.8 Å². The maximum atomic E-state index is 5.20. The molecule has 0 aliphatic heterocycles. The molecule has 1 N–H and O–H groups in total. The number of nitrogens with zero attached hydrogens (tertiary/aromatic N) is 2. The molecule has 0 bridgehead atoms. The first-order chi connectivity index (χ1) is 7.06. The van der Waals surface area contributed by atoms with E-state index in [1.54, 1.807) is 7.11 Å². The van der Waals surface area contributed by atoms with Crippen LogP contribution in [0.4, 0.5) is 0 Å². The van der Waals surface area contributed by atoms with Gasteiger partial charge in [-0.15, -0.1) is 0 Å². The number of H-pyrrole nitrogens is 1. The third-order valence-electron chi connectivity index (χ3n) is 2.25. The summed E-state index contributed by atoms with van der Waals surface area (Å²) < 4.78 is 7.87. The Labute approximate surface area is 95.7 Å². The fourth-order valence-electron chi connectivity index (χ4n) is 1.60. The lowest BCUT2D eigenvalue weighted by atomic mass is 10.1. The van der Waals surface area contributed by atoms with Crippen LogP contribution >= 0.6 is 12.2 Å². The Balaban J connectivity index is 2.83. The first kappa shape index (κ1) is 12.4. The van der Waals surface area contributed by atoms with E-state index in [2.05, 4.69) is 35.5 Å². The molecule has 1 rings (SSSR count). The molecule has 0 saturated heterocycles. The standard InChI is InChI=1S/C10H19N3OS/c1-7(2)9-11-12-10(15)13(9)5-8(3)6-14-4/h7-8H,5-6H2,1-4H3,(H,12,15). The van der Waals surface area contributed by atoms with Gasteiger partial charge in [-0.05, 0) is 18.1 Å². The molecule has 0 amide bonds. The molecule has 0 radical (unpaired) electrons. The zero-order chi connectivity index (χ0) is 11.4. The van der Waals surface area contributed by atoms with Crippen LogP contribution in [-0.2, 0) is 11.3 Å². The minimum absolute atomic E-state index is 0.382. The Hall–Kier alpha value is -0.680. The van der Waals surface area contributed by atoms with E-state index >= 15 is 0 Å².